The number of nitrogens with one attached hydrogen (secondary N) is 2. The molecule has 0 aromatic heterocycles. The van der Waals surface area contributed by atoms with E-state index in [1.807, 2.05) is 13.8 Å². The predicted octanol–water partition coefficient (Wildman–Crippen LogP) is 2.06. The van der Waals surface area contributed by atoms with Crippen LogP contribution in [-0.4, -0.2) is 30.7 Å². The molecule has 6 heteroatoms. The molecule has 0 saturated carbocycles. The average molecular weight is 284 g/mol. The van der Waals surface area contributed by atoms with Crippen molar-refractivity contribution in [2.75, 3.05) is 18.5 Å². The third-order valence-corrected chi connectivity index (χ3v) is 3.77. The Morgan fingerprint density at radius 1 is 1.45 bits per heavy atom. The van der Waals surface area contributed by atoms with Crippen molar-refractivity contribution in [3.63, 3.8) is 0 Å². The van der Waals surface area contributed by atoms with Crippen molar-refractivity contribution in [2.45, 2.75) is 31.9 Å². The maximum atomic E-state index is 13.4. The molecule has 20 heavy (non-hydrogen) atoms. The van der Waals surface area contributed by atoms with Gasteiger partial charge in [-0.05, 0) is 32.4 Å². The van der Waals surface area contributed by atoms with E-state index in [1.54, 1.807) is 0 Å². The zero-order valence-corrected chi connectivity index (χ0v) is 11.5. The lowest BCUT2D eigenvalue weighted by molar-refractivity contribution is -0.115. The van der Waals surface area contributed by atoms with E-state index in [1.165, 1.54) is 6.07 Å². The first-order chi connectivity index (χ1) is 9.42. The Labute approximate surface area is 116 Å². The van der Waals surface area contributed by atoms with Crippen LogP contribution >= 0.6 is 0 Å². The molecule has 1 aromatic carbocycles. The monoisotopic (exact) mass is 284 g/mol. The number of rotatable bonds is 4. The quantitative estimate of drug-likeness (QED) is 0.890. The Balaban J connectivity index is 1.93. The van der Waals surface area contributed by atoms with Crippen LogP contribution in [0.1, 0.15) is 20.3 Å². The Kier molecular flexibility index (Phi) is 4.35. The third-order valence-electron chi connectivity index (χ3n) is 3.77. The van der Waals surface area contributed by atoms with Gasteiger partial charge in [-0.3, -0.25) is 4.79 Å². The Morgan fingerprint density at radius 3 is 2.65 bits per heavy atom. The van der Waals surface area contributed by atoms with Crippen LogP contribution in [0.25, 0.3) is 0 Å². The third kappa shape index (κ3) is 3.13. The van der Waals surface area contributed by atoms with Crippen LogP contribution in [0.15, 0.2) is 18.2 Å². The van der Waals surface area contributed by atoms with Gasteiger partial charge >= 0.3 is 0 Å². The van der Waals surface area contributed by atoms with Crippen molar-refractivity contribution < 1.29 is 18.3 Å². The molecule has 2 unspecified atom stereocenters. The van der Waals surface area contributed by atoms with Crippen molar-refractivity contribution in [1.29, 1.82) is 0 Å². The molecule has 0 aliphatic carbocycles. The molecule has 0 radical (unpaired) electrons. The molecule has 1 fully saturated rings. The van der Waals surface area contributed by atoms with E-state index in [2.05, 4.69) is 10.6 Å². The van der Waals surface area contributed by atoms with Crippen LogP contribution in [0, 0.1) is 11.6 Å². The number of hydrogen-bond acceptors (Lipinski definition) is 3. The topological polar surface area (TPSA) is 50.4 Å². The van der Waals surface area contributed by atoms with Gasteiger partial charge in [0.15, 0.2) is 0 Å². The smallest absolute Gasteiger partial charge is 0.238 e. The molecule has 1 aliphatic rings. The molecule has 0 bridgehead atoms. The highest BCUT2D eigenvalue weighted by molar-refractivity contribution is 5.92. The number of amides is 1. The summed E-state index contributed by atoms with van der Waals surface area (Å²) in [5.74, 6) is -2.07. The summed E-state index contributed by atoms with van der Waals surface area (Å²) in [5.41, 5.74) is -0.717. The number of para-hydroxylation sites is 1. The lowest BCUT2D eigenvalue weighted by Crippen LogP contribution is -2.50. The summed E-state index contributed by atoms with van der Waals surface area (Å²) in [7, 11) is 0. The lowest BCUT2D eigenvalue weighted by atomic mass is 9.95. The largest absolute Gasteiger partial charge is 0.377 e. The van der Waals surface area contributed by atoms with Gasteiger partial charge in [-0.15, -0.1) is 0 Å². The number of carbonyl (C=O) groups is 1. The molecule has 2 rings (SSSR count). The first-order valence-electron chi connectivity index (χ1n) is 6.53. The van der Waals surface area contributed by atoms with E-state index < -0.39 is 23.2 Å². The Bertz CT molecular complexity index is 490. The van der Waals surface area contributed by atoms with Crippen molar-refractivity contribution in [3.05, 3.63) is 29.8 Å². The fourth-order valence-corrected chi connectivity index (χ4v) is 2.15. The van der Waals surface area contributed by atoms with Gasteiger partial charge in [-0.25, -0.2) is 8.78 Å². The lowest BCUT2D eigenvalue weighted by Gasteiger charge is -2.28. The minimum absolute atomic E-state index is 0.0134. The molecule has 1 saturated heterocycles. The van der Waals surface area contributed by atoms with Gasteiger partial charge in [-0.2, -0.15) is 0 Å². The first kappa shape index (κ1) is 14.9. The zero-order chi connectivity index (χ0) is 14.8. The van der Waals surface area contributed by atoms with Crippen LogP contribution in [0.2, 0.25) is 0 Å². The first-order valence-corrected chi connectivity index (χ1v) is 6.53. The van der Waals surface area contributed by atoms with Gasteiger partial charge in [0, 0.05) is 12.1 Å². The minimum atomic E-state index is -0.790. The molecule has 2 N–H and O–H groups in total. The number of anilines is 1. The normalized spacial score (nSPS) is 25.7. The van der Waals surface area contributed by atoms with Crippen molar-refractivity contribution in [3.8, 4) is 0 Å². The van der Waals surface area contributed by atoms with E-state index in [9.17, 15) is 13.6 Å². The average Bonchev–Trinajstić information content (AvgIpc) is 2.73. The molecule has 1 heterocycles. The molecule has 4 nitrogen and oxygen atoms in total. The standard InChI is InChI=1S/C14H18F2N2O2/c1-9-14(2,6-7-20-9)17-8-12(19)18-13-10(15)4-3-5-11(13)16/h3-5,9,17H,6-8H2,1-2H3,(H,18,19). The number of halogens is 2. The maximum absolute atomic E-state index is 13.4. The summed E-state index contributed by atoms with van der Waals surface area (Å²) in [6.45, 7) is 4.49. The molecule has 1 amide bonds. The molecule has 110 valence electrons. The second kappa shape index (κ2) is 5.85. The summed E-state index contributed by atoms with van der Waals surface area (Å²) in [6, 6.07) is 3.44. The van der Waals surface area contributed by atoms with Crippen molar-refractivity contribution in [1.82, 2.24) is 5.32 Å². The van der Waals surface area contributed by atoms with Gasteiger partial charge in [-0.1, -0.05) is 6.07 Å². The van der Waals surface area contributed by atoms with Crippen molar-refractivity contribution >= 4 is 11.6 Å². The minimum Gasteiger partial charge on any atom is -0.377 e. The van der Waals surface area contributed by atoms with Gasteiger partial charge in [0.2, 0.25) is 5.91 Å². The van der Waals surface area contributed by atoms with Crippen LogP contribution in [0.3, 0.4) is 0 Å². The van der Waals surface area contributed by atoms with Gasteiger partial charge in [0.1, 0.15) is 17.3 Å². The highest BCUT2D eigenvalue weighted by atomic mass is 19.1. The number of benzene rings is 1. The summed E-state index contributed by atoms with van der Waals surface area (Å²) in [5, 5.41) is 5.33. The van der Waals surface area contributed by atoms with E-state index in [0.717, 1.165) is 18.6 Å². The SMILES string of the molecule is CC1OCCC1(C)NCC(=O)Nc1c(F)cccc1F. The van der Waals surface area contributed by atoms with Crippen LogP contribution in [-0.2, 0) is 9.53 Å². The van der Waals surface area contributed by atoms with Crippen LogP contribution < -0.4 is 10.6 Å². The molecule has 1 aromatic rings. The molecule has 2 atom stereocenters. The molecular weight excluding hydrogens is 266 g/mol. The second-order valence-corrected chi connectivity index (χ2v) is 5.18. The fourth-order valence-electron chi connectivity index (χ4n) is 2.15. The highest BCUT2D eigenvalue weighted by Crippen LogP contribution is 2.24. The number of ether oxygens (including phenoxy) is 1. The maximum Gasteiger partial charge on any atom is 0.238 e. The number of hydrogen-bond donors (Lipinski definition) is 2. The molecular formula is C14H18F2N2O2. The number of carbonyl (C=O) groups excluding carboxylic acids is 1. The zero-order valence-electron chi connectivity index (χ0n) is 11.5. The van der Waals surface area contributed by atoms with Crippen LogP contribution in [0.4, 0.5) is 14.5 Å². The Morgan fingerprint density at radius 2 is 2.10 bits per heavy atom. The summed E-state index contributed by atoms with van der Waals surface area (Å²) < 4.78 is 32.2. The second-order valence-electron chi connectivity index (χ2n) is 5.18. The summed E-state index contributed by atoms with van der Waals surface area (Å²) in [6.07, 6.45) is 0.774. The van der Waals surface area contributed by atoms with E-state index in [0.29, 0.717) is 6.61 Å². The Hall–Kier alpha value is -1.53. The van der Waals surface area contributed by atoms with Gasteiger partial charge < -0.3 is 15.4 Å². The van der Waals surface area contributed by atoms with E-state index in [-0.39, 0.29) is 18.2 Å². The predicted molar refractivity (Wildman–Crippen MR) is 71.4 cm³/mol. The van der Waals surface area contributed by atoms with Gasteiger partial charge in [0.05, 0.1) is 12.6 Å². The molecule has 1 aliphatic heterocycles. The highest BCUT2D eigenvalue weighted by Gasteiger charge is 2.36. The fraction of sp³-hybridized carbons (Fsp3) is 0.500. The van der Waals surface area contributed by atoms with Crippen molar-refractivity contribution in [2.24, 2.45) is 0 Å². The molecule has 0 spiro atoms. The van der Waals surface area contributed by atoms with E-state index in [4.69, 9.17) is 4.74 Å². The summed E-state index contributed by atoms with van der Waals surface area (Å²) in [4.78, 5) is 11.8. The van der Waals surface area contributed by atoms with Gasteiger partial charge in [0.25, 0.3) is 0 Å². The van der Waals surface area contributed by atoms with Crippen LogP contribution in [0.5, 0.6) is 0 Å². The summed E-state index contributed by atoms with van der Waals surface area (Å²) >= 11 is 0. The van der Waals surface area contributed by atoms with E-state index >= 15 is 0 Å².